The highest BCUT2D eigenvalue weighted by atomic mass is 79.9. The van der Waals surface area contributed by atoms with Gasteiger partial charge in [0, 0.05) is 18.7 Å². The van der Waals surface area contributed by atoms with Crippen LogP contribution in [0, 0.1) is 0 Å². The van der Waals surface area contributed by atoms with Crippen LogP contribution >= 0.6 is 27.3 Å². The van der Waals surface area contributed by atoms with Crippen LogP contribution in [0.15, 0.2) is 39.5 Å². The number of nitrogens with two attached hydrogens (primary N) is 1. The molecule has 3 N–H and O–H groups in total. The molecule has 3 nitrogen and oxygen atoms in total. The molecule has 2 rings (SSSR count). The van der Waals surface area contributed by atoms with Crippen LogP contribution < -0.4 is 11.1 Å². The summed E-state index contributed by atoms with van der Waals surface area (Å²) in [5.41, 5.74) is 8.09. The maximum atomic E-state index is 11.0. The maximum absolute atomic E-state index is 11.0. The molecule has 1 heterocycles. The number of halogens is 1. The van der Waals surface area contributed by atoms with Crippen molar-refractivity contribution < 1.29 is 4.79 Å². The minimum atomic E-state index is -0.390. The van der Waals surface area contributed by atoms with Crippen molar-refractivity contribution in [2.45, 2.75) is 13.1 Å². The number of hydrogen-bond donors (Lipinski definition) is 2. The highest BCUT2D eigenvalue weighted by Gasteiger charge is 2.01. The van der Waals surface area contributed by atoms with Crippen LogP contribution in [-0.2, 0) is 13.1 Å². The average Bonchev–Trinajstić information content (AvgIpc) is 2.75. The number of carbonyl (C=O) groups is 1. The van der Waals surface area contributed by atoms with Crippen LogP contribution in [-0.4, -0.2) is 5.91 Å². The van der Waals surface area contributed by atoms with Crippen molar-refractivity contribution in [1.29, 1.82) is 0 Å². The SMILES string of the molecule is NC(=O)c1cccc(CNCc2csc(Br)c2)c1. The van der Waals surface area contributed by atoms with E-state index in [2.05, 4.69) is 32.7 Å². The Morgan fingerprint density at radius 2 is 2.06 bits per heavy atom. The molecule has 0 saturated heterocycles. The molecule has 0 fully saturated rings. The van der Waals surface area contributed by atoms with Crippen molar-refractivity contribution in [1.82, 2.24) is 5.32 Å². The lowest BCUT2D eigenvalue weighted by Crippen LogP contribution is -2.14. The van der Waals surface area contributed by atoms with Crippen LogP contribution in [0.2, 0.25) is 0 Å². The number of amides is 1. The average molecular weight is 325 g/mol. The van der Waals surface area contributed by atoms with Crippen LogP contribution in [0.1, 0.15) is 21.5 Å². The molecule has 94 valence electrons. The molecule has 0 saturated carbocycles. The second-order valence-corrected chi connectivity index (χ2v) is 6.22. The van der Waals surface area contributed by atoms with E-state index < -0.39 is 5.91 Å². The van der Waals surface area contributed by atoms with Gasteiger partial charge in [0.15, 0.2) is 0 Å². The van der Waals surface area contributed by atoms with E-state index in [1.165, 1.54) is 5.56 Å². The highest BCUT2D eigenvalue weighted by molar-refractivity contribution is 9.11. The molecule has 0 atom stereocenters. The number of primary amides is 1. The Labute approximate surface area is 118 Å². The molecule has 18 heavy (non-hydrogen) atoms. The van der Waals surface area contributed by atoms with Gasteiger partial charge in [0.05, 0.1) is 3.79 Å². The molecule has 0 aliphatic carbocycles. The van der Waals surface area contributed by atoms with Gasteiger partial charge in [0.2, 0.25) is 5.91 Å². The van der Waals surface area contributed by atoms with Crippen molar-refractivity contribution in [2.75, 3.05) is 0 Å². The second kappa shape index (κ2) is 6.13. The van der Waals surface area contributed by atoms with E-state index >= 15 is 0 Å². The molecular formula is C13H13BrN2OS. The molecule has 0 unspecified atom stereocenters. The van der Waals surface area contributed by atoms with E-state index in [0.29, 0.717) is 12.1 Å². The summed E-state index contributed by atoms with van der Waals surface area (Å²) in [7, 11) is 0. The van der Waals surface area contributed by atoms with Gasteiger partial charge in [-0.25, -0.2) is 0 Å². The minimum Gasteiger partial charge on any atom is -0.366 e. The molecule has 0 bridgehead atoms. The smallest absolute Gasteiger partial charge is 0.248 e. The van der Waals surface area contributed by atoms with E-state index in [0.717, 1.165) is 15.9 Å². The van der Waals surface area contributed by atoms with Gasteiger partial charge in [-0.1, -0.05) is 12.1 Å². The van der Waals surface area contributed by atoms with E-state index in [-0.39, 0.29) is 0 Å². The van der Waals surface area contributed by atoms with Gasteiger partial charge < -0.3 is 11.1 Å². The summed E-state index contributed by atoms with van der Waals surface area (Å²) < 4.78 is 1.13. The summed E-state index contributed by atoms with van der Waals surface area (Å²) >= 11 is 5.11. The fraction of sp³-hybridized carbons (Fsp3) is 0.154. The third kappa shape index (κ3) is 3.66. The van der Waals surface area contributed by atoms with Crippen LogP contribution in [0.3, 0.4) is 0 Å². The quantitative estimate of drug-likeness (QED) is 0.888. The number of thiophene rings is 1. The molecule has 0 spiro atoms. The second-order valence-electron chi connectivity index (χ2n) is 3.93. The first-order valence-corrected chi connectivity index (χ1v) is 7.15. The number of nitrogens with one attached hydrogen (secondary N) is 1. The van der Waals surface area contributed by atoms with Crippen LogP contribution in [0.5, 0.6) is 0 Å². The fourth-order valence-corrected chi connectivity index (χ4v) is 2.83. The van der Waals surface area contributed by atoms with E-state index in [1.807, 2.05) is 18.2 Å². The van der Waals surface area contributed by atoms with E-state index in [4.69, 9.17) is 5.73 Å². The van der Waals surface area contributed by atoms with Crippen molar-refractivity contribution >= 4 is 33.2 Å². The number of hydrogen-bond acceptors (Lipinski definition) is 3. The zero-order valence-corrected chi connectivity index (χ0v) is 12.1. The Kier molecular flexibility index (Phi) is 4.52. The minimum absolute atomic E-state index is 0.390. The van der Waals surface area contributed by atoms with Gasteiger partial charge in [0.1, 0.15) is 0 Å². The number of benzene rings is 1. The van der Waals surface area contributed by atoms with E-state index in [9.17, 15) is 4.79 Å². The number of carbonyl (C=O) groups excluding carboxylic acids is 1. The Bertz CT molecular complexity index is 553. The summed E-state index contributed by atoms with van der Waals surface area (Å²) in [6, 6.07) is 9.46. The van der Waals surface area contributed by atoms with Crippen LogP contribution in [0.4, 0.5) is 0 Å². The molecular weight excluding hydrogens is 312 g/mol. The fourth-order valence-electron chi connectivity index (χ4n) is 1.62. The molecule has 5 heteroatoms. The molecule has 1 aromatic heterocycles. The third-order valence-corrected chi connectivity index (χ3v) is 4.04. The molecule has 0 aliphatic rings. The van der Waals surface area contributed by atoms with Crippen molar-refractivity contribution in [3.8, 4) is 0 Å². The van der Waals surface area contributed by atoms with Crippen LogP contribution in [0.25, 0.3) is 0 Å². The van der Waals surface area contributed by atoms with Crippen molar-refractivity contribution in [2.24, 2.45) is 5.73 Å². The first-order chi connectivity index (χ1) is 8.65. The molecule has 2 aromatic rings. The predicted molar refractivity (Wildman–Crippen MR) is 77.5 cm³/mol. The lowest BCUT2D eigenvalue weighted by Gasteiger charge is -2.04. The van der Waals surface area contributed by atoms with Gasteiger partial charge in [-0.05, 0) is 50.6 Å². The Morgan fingerprint density at radius 3 is 2.72 bits per heavy atom. The normalized spacial score (nSPS) is 10.5. The molecule has 0 radical (unpaired) electrons. The lowest BCUT2D eigenvalue weighted by molar-refractivity contribution is 0.1000. The molecule has 1 aromatic carbocycles. The lowest BCUT2D eigenvalue weighted by atomic mass is 10.1. The Hall–Kier alpha value is -1.17. The largest absolute Gasteiger partial charge is 0.366 e. The maximum Gasteiger partial charge on any atom is 0.248 e. The van der Waals surface area contributed by atoms with Gasteiger partial charge in [-0.3, -0.25) is 4.79 Å². The zero-order valence-electron chi connectivity index (χ0n) is 9.65. The van der Waals surface area contributed by atoms with E-state index in [1.54, 1.807) is 17.4 Å². The van der Waals surface area contributed by atoms with Gasteiger partial charge in [-0.2, -0.15) is 0 Å². The summed E-state index contributed by atoms with van der Waals surface area (Å²) in [6.07, 6.45) is 0. The topological polar surface area (TPSA) is 55.1 Å². The first-order valence-electron chi connectivity index (χ1n) is 5.47. The Morgan fingerprint density at radius 1 is 1.28 bits per heavy atom. The van der Waals surface area contributed by atoms with Gasteiger partial charge in [0.25, 0.3) is 0 Å². The summed E-state index contributed by atoms with van der Waals surface area (Å²) in [4.78, 5) is 11.0. The monoisotopic (exact) mass is 324 g/mol. The summed E-state index contributed by atoms with van der Waals surface area (Å²) in [6.45, 7) is 1.53. The zero-order chi connectivity index (χ0) is 13.0. The van der Waals surface area contributed by atoms with Gasteiger partial charge >= 0.3 is 0 Å². The van der Waals surface area contributed by atoms with Crippen molar-refractivity contribution in [3.63, 3.8) is 0 Å². The first kappa shape index (κ1) is 13.3. The molecule has 0 aliphatic heterocycles. The predicted octanol–water partition coefficient (Wildman–Crippen LogP) is 2.90. The third-order valence-electron chi connectivity index (χ3n) is 2.49. The Balaban J connectivity index is 1.90. The highest BCUT2D eigenvalue weighted by Crippen LogP contribution is 2.20. The molecule has 1 amide bonds. The standard InChI is InChI=1S/C13H13BrN2OS/c14-12-5-10(8-18-12)7-16-6-9-2-1-3-11(4-9)13(15)17/h1-5,8,16H,6-7H2,(H2,15,17). The summed E-state index contributed by atoms with van der Waals surface area (Å²) in [5.74, 6) is -0.390. The van der Waals surface area contributed by atoms with Gasteiger partial charge in [-0.15, -0.1) is 11.3 Å². The number of rotatable bonds is 5. The van der Waals surface area contributed by atoms with Crippen molar-refractivity contribution in [3.05, 3.63) is 56.2 Å². The summed E-state index contributed by atoms with van der Waals surface area (Å²) in [5, 5.41) is 5.44.